The molecule has 1 atom stereocenters. The number of nitrogens with zero attached hydrogens (tertiary/aromatic N) is 5. The molecule has 4 heterocycles. The van der Waals surface area contributed by atoms with Gasteiger partial charge in [-0.3, -0.25) is 10.00 Å². The summed E-state index contributed by atoms with van der Waals surface area (Å²) in [4.78, 5) is 32.8. The standard InChI is InChI=1S/C27H22F9N7O4/c28-25(29,30)16-4-1-3-15(13-16)20(26(31,32)33)42-11-8-24(9-12-42,21-41-43(23(45)46-21)47-22(44)27(34,35)36)14-17-5-2-6-18(38-17)39-19-7-10-37-40-19/h1-7,10,13,20H,8-9,11-12,14H2,(H2,37,38,39,40). The fourth-order valence-corrected chi connectivity index (χ4v) is 5.29. The van der Waals surface area contributed by atoms with Crippen LogP contribution in [0.3, 0.4) is 0 Å². The molecule has 0 spiro atoms. The van der Waals surface area contributed by atoms with E-state index in [4.69, 9.17) is 4.42 Å². The van der Waals surface area contributed by atoms with Gasteiger partial charge >= 0.3 is 30.3 Å². The molecule has 1 aromatic carbocycles. The zero-order chi connectivity index (χ0) is 34.2. The minimum Gasteiger partial charge on any atom is -0.389 e. The predicted molar refractivity (Wildman–Crippen MR) is 141 cm³/mol. The molecule has 0 aliphatic carbocycles. The molecule has 1 fully saturated rings. The molecule has 1 saturated heterocycles. The van der Waals surface area contributed by atoms with E-state index < -0.39 is 71.8 Å². The number of rotatable bonds is 8. The molecule has 0 bridgehead atoms. The zero-order valence-corrected chi connectivity index (χ0v) is 23.6. The molecule has 4 aromatic rings. The average Bonchev–Trinajstić information content (AvgIpc) is 3.62. The first-order chi connectivity index (χ1) is 21.9. The number of benzene rings is 1. The molecule has 1 aliphatic rings. The van der Waals surface area contributed by atoms with Gasteiger partial charge in [0.25, 0.3) is 0 Å². The molecular formula is C27H22F9N7O4. The number of halogens is 9. The van der Waals surface area contributed by atoms with Gasteiger partial charge in [0.1, 0.15) is 17.7 Å². The van der Waals surface area contributed by atoms with Gasteiger partial charge in [-0.15, -0.1) is 0 Å². The van der Waals surface area contributed by atoms with E-state index >= 15 is 0 Å². The minimum absolute atomic E-state index is 0.174. The molecule has 1 aliphatic heterocycles. The van der Waals surface area contributed by atoms with Crippen LogP contribution in [0.5, 0.6) is 0 Å². The van der Waals surface area contributed by atoms with Crippen LogP contribution in [0, 0.1) is 0 Å². The van der Waals surface area contributed by atoms with Crippen molar-refractivity contribution in [2.75, 3.05) is 18.4 Å². The lowest BCUT2D eigenvalue weighted by Crippen LogP contribution is -2.48. The van der Waals surface area contributed by atoms with Gasteiger partial charge in [-0.05, 0) is 47.5 Å². The molecule has 11 nitrogen and oxygen atoms in total. The number of carbonyl (C=O) groups excluding carboxylic acids is 1. The molecule has 20 heteroatoms. The summed E-state index contributed by atoms with van der Waals surface area (Å²) in [5.41, 5.74) is -3.13. The van der Waals surface area contributed by atoms with Crippen molar-refractivity contribution in [3.8, 4) is 0 Å². The van der Waals surface area contributed by atoms with E-state index in [9.17, 15) is 49.1 Å². The third kappa shape index (κ3) is 7.58. The molecule has 47 heavy (non-hydrogen) atoms. The Labute approximate surface area is 257 Å². The Morgan fingerprint density at radius 2 is 1.72 bits per heavy atom. The summed E-state index contributed by atoms with van der Waals surface area (Å²) in [6, 6.07) is 6.67. The van der Waals surface area contributed by atoms with Gasteiger partial charge in [-0.1, -0.05) is 23.3 Å². The van der Waals surface area contributed by atoms with Crippen molar-refractivity contribution in [2.45, 2.75) is 49.2 Å². The maximum atomic E-state index is 14.4. The Morgan fingerprint density at radius 3 is 2.34 bits per heavy atom. The predicted octanol–water partition coefficient (Wildman–Crippen LogP) is 5.11. The molecule has 1 unspecified atom stereocenters. The van der Waals surface area contributed by atoms with E-state index in [0.29, 0.717) is 23.8 Å². The van der Waals surface area contributed by atoms with Gasteiger partial charge in [0.05, 0.1) is 17.2 Å². The van der Waals surface area contributed by atoms with Gasteiger partial charge in [0, 0.05) is 31.3 Å². The average molecular weight is 680 g/mol. The number of pyridine rings is 1. The quantitative estimate of drug-likeness (QED) is 0.244. The van der Waals surface area contributed by atoms with Crippen molar-refractivity contribution < 1.29 is 53.6 Å². The zero-order valence-electron chi connectivity index (χ0n) is 23.6. The van der Waals surface area contributed by atoms with Crippen molar-refractivity contribution >= 4 is 17.6 Å². The van der Waals surface area contributed by atoms with Crippen LogP contribution in [0.4, 0.5) is 51.1 Å². The van der Waals surface area contributed by atoms with E-state index in [-0.39, 0.29) is 29.8 Å². The minimum atomic E-state index is -5.50. The first-order valence-electron chi connectivity index (χ1n) is 13.5. The number of anilines is 2. The SMILES string of the molecule is O=C(On1nc(C2(Cc3cccc(Nc4ccn[nH]4)n3)CCN(C(c3cccc(C(F)(F)F)c3)C(F)(F)F)CC2)oc1=O)C(F)(F)F. The Hall–Kier alpha value is -4.88. The molecule has 0 radical (unpaired) electrons. The first-order valence-corrected chi connectivity index (χ1v) is 13.5. The van der Waals surface area contributed by atoms with Crippen LogP contribution in [0.2, 0.25) is 0 Å². The maximum Gasteiger partial charge on any atom is 0.493 e. The number of hydrogen-bond acceptors (Lipinski definition) is 9. The Balaban J connectivity index is 1.48. The van der Waals surface area contributed by atoms with Gasteiger partial charge in [0.2, 0.25) is 5.89 Å². The van der Waals surface area contributed by atoms with E-state index in [2.05, 4.69) is 30.4 Å². The van der Waals surface area contributed by atoms with Crippen LogP contribution in [-0.2, 0) is 22.8 Å². The molecule has 2 N–H and O–H groups in total. The van der Waals surface area contributed by atoms with Crippen LogP contribution >= 0.6 is 0 Å². The maximum absolute atomic E-state index is 14.4. The Bertz CT molecular complexity index is 1760. The second-order valence-corrected chi connectivity index (χ2v) is 10.6. The van der Waals surface area contributed by atoms with Crippen LogP contribution in [0.25, 0.3) is 0 Å². The number of alkyl halides is 9. The van der Waals surface area contributed by atoms with Crippen molar-refractivity contribution in [2.24, 2.45) is 0 Å². The number of aromatic nitrogens is 5. The number of aromatic amines is 1. The second kappa shape index (κ2) is 12.4. The van der Waals surface area contributed by atoms with Gasteiger partial charge in [-0.25, -0.2) is 14.6 Å². The lowest BCUT2D eigenvalue weighted by atomic mass is 9.74. The Morgan fingerprint density at radius 1 is 1.02 bits per heavy atom. The Kier molecular flexibility index (Phi) is 8.82. The number of hydrogen-bond donors (Lipinski definition) is 2. The normalized spacial score (nSPS) is 16.5. The summed E-state index contributed by atoms with van der Waals surface area (Å²) in [5.74, 6) is -4.18. The number of H-pyrrole nitrogens is 1. The molecule has 3 aromatic heterocycles. The summed E-state index contributed by atoms with van der Waals surface area (Å²) < 4.78 is 127. The smallest absolute Gasteiger partial charge is 0.389 e. The van der Waals surface area contributed by atoms with E-state index in [1.54, 1.807) is 18.2 Å². The second-order valence-electron chi connectivity index (χ2n) is 10.6. The lowest BCUT2D eigenvalue weighted by molar-refractivity contribution is -0.202. The van der Waals surface area contributed by atoms with Gasteiger partial charge in [0.15, 0.2) is 0 Å². The highest BCUT2D eigenvalue weighted by Gasteiger charge is 2.50. The molecule has 0 saturated carbocycles. The summed E-state index contributed by atoms with van der Waals surface area (Å²) in [5, 5.41) is 13.0. The molecule has 5 rings (SSSR count). The highest BCUT2D eigenvalue weighted by atomic mass is 19.4. The van der Waals surface area contributed by atoms with Crippen LogP contribution in [0.15, 0.2) is 63.9 Å². The van der Waals surface area contributed by atoms with Crippen LogP contribution in [-0.4, -0.2) is 61.4 Å². The van der Waals surface area contributed by atoms with Crippen LogP contribution in [0.1, 0.15) is 41.6 Å². The first kappa shape index (κ1) is 33.5. The summed E-state index contributed by atoms with van der Waals surface area (Å²) in [7, 11) is 0. The number of likely N-dealkylation sites (tertiary alicyclic amines) is 1. The van der Waals surface area contributed by atoms with Crippen LogP contribution < -0.4 is 15.9 Å². The monoisotopic (exact) mass is 679 g/mol. The topological polar surface area (TPSA) is 131 Å². The fraction of sp³-hybridized carbons (Fsp3) is 0.370. The molecule has 252 valence electrons. The van der Waals surface area contributed by atoms with Crippen molar-refractivity contribution in [1.29, 1.82) is 0 Å². The third-order valence-electron chi connectivity index (χ3n) is 7.43. The van der Waals surface area contributed by atoms with Crippen molar-refractivity contribution in [1.82, 2.24) is 30.0 Å². The number of piperidine rings is 1. The summed E-state index contributed by atoms with van der Waals surface area (Å²) in [6.45, 7) is -0.878. The highest BCUT2D eigenvalue weighted by Crippen LogP contribution is 2.45. The molecular weight excluding hydrogens is 657 g/mol. The van der Waals surface area contributed by atoms with Gasteiger partial charge in [-0.2, -0.15) is 44.6 Å². The van der Waals surface area contributed by atoms with E-state index in [1.807, 2.05) is 0 Å². The number of carbonyl (C=O) groups is 1. The fourth-order valence-electron chi connectivity index (χ4n) is 5.29. The van der Waals surface area contributed by atoms with Crippen molar-refractivity contribution in [3.05, 3.63) is 88.0 Å². The lowest BCUT2D eigenvalue weighted by Gasteiger charge is -2.43. The summed E-state index contributed by atoms with van der Waals surface area (Å²) >= 11 is 0. The van der Waals surface area contributed by atoms with E-state index in [1.165, 1.54) is 12.3 Å². The summed E-state index contributed by atoms with van der Waals surface area (Å²) in [6.07, 6.45) is -14.7. The van der Waals surface area contributed by atoms with Crippen molar-refractivity contribution in [3.63, 3.8) is 0 Å². The van der Waals surface area contributed by atoms with E-state index in [0.717, 1.165) is 17.0 Å². The third-order valence-corrected chi connectivity index (χ3v) is 7.43. The number of nitrogens with one attached hydrogen (secondary N) is 2. The van der Waals surface area contributed by atoms with Gasteiger partial charge < -0.3 is 14.6 Å². The highest BCUT2D eigenvalue weighted by molar-refractivity contribution is 5.75. The molecule has 0 amide bonds. The largest absolute Gasteiger partial charge is 0.493 e.